The molecule has 0 unspecified atom stereocenters. The first-order valence-electron chi connectivity index (χ1n) is 11.0. The molecule has 0 saturated carbocycles. The Balaban J connectivity index is 1.66. The van der Waals surface area contributed by atoms with Crippen molar-refractivity contribution in [2.45, 2.75) is 53.0 Å². The number of nitrogens with one attached hydrogen (secondary N) is 1. The van der Waals surface area contributed by atoms with E-state index in [-0.39, 0.29) is 5.91 Å². The molecule has 3 rings (SSSR count). The Hall–Kier alpha value is -3.08. The second-order valence-corrected chi connectivity index (χ2v) is 8.35. The minimum atomic E-state index is -0.116. The van der Waals surface area contributed by atoms with E-state index >= 15 is 0 Å². The van der Waals surface area contributed by atoms with Crippen LogP contribution in [-0.2, 0) is 17.8 Å². The van der Waals surface area contributed by atoms with Crippen LogP contribution < -0.4 is 10.1 Å². The van der Waals surface area contributed by atoms with Gasteiger partial charge in [-0.15, -0.1) is 0 Å². The summed E-state index contributed by atoms with van der Waals surface area (Å²) in [5.41, 5.74) is 5.06. The average molecular weight is 420 g/mol. The van der Waals surface area contributed by atoms with E-state index in [1.165, 1.54) is 11.1 Å². The minimum absolute atomic E-state index is 0.116. The normalized spacial score (nSPS) is 11.1. The van der Waals surface area contributed by atoms with E-state index in [1.807, 2.05) is 18.2 Å². The van der Waals surface area contributed by atoms with Crippen LogP contribution in [0, 0.1) is 6.92 Å². The number of rotatable bonds is 10. The standard InChI is InChI=1S/C26H33N3O2/c1-18(2)21-12-11-20(5)17-24(21)31-16-8-15-29-23-10-7-6-9-22(23)28-25(29)13-14-27-26(30)19(3)4/h6-7,9-12,17-18H,3,8,13-16H2,1-2,4-5H3,(H,27,30). The molecule has 31 heavy (non-hydrogen) atoms. The summed E-state index contributed by atoms with van der Waals surface area (Å²) in [6.07, 6.45) is 1.54. The number of hydrogen-bond acceptors (Lipinski definition) is 3. The van der Waals surface area contributed by atoms with Gasteiger partial charge in [-0.3, -0.25) is 4.79 Å². The third-order valence-corrected chi connectivity index (χ3v) is 5.33. The molecular formula is C26H33N3O2. The lowest BCUT2D eigenvalue weighted by Gasteiger charge is -2.15. The molecule has 0 spiro atoms. The van der Waals surface area contributed by atoms with Gasteiger partial charge in [0.15, 0.2) is 0 Å². The fraction of sp³-hybridized carbons (Fsp3) is 0.385. The number of imidazole rings is 1. The van der Waals surface area contributed by atoms with Crippen LogP contribution in [0.4, 0.5) is 0 Å². The van der Waals surface area contributed by atoms with Crippen molar-refractivity contribution in [1.29, 1.82) is 0 Å². The van der Waals surface area contributed by atoms with Gasteiger partial charge in [0, 0.05) is 25.1 Å². The first-order chi connectivity index (χ1) is 14.9. The number of amides is 1. The molecule has 0 aliphatic rings. The predicted octanol–water partition coefficient (Wildman–Crippen LogP) is 5.17. The van der Waals surface area contributed by atoms with E-state index in [4.69, 9.17) is 9.72 Å². The molecule has 0 radical (unpaired) electrons. The predicted molar refractivity (Wildman–Crippen MR) is 127 cm³/mol. The Kier molecular flexibility index (Phi) is 7.50. The Labute approximate surface area is 185 Å². The number of fused-ring (bicyclic) bond motifs is 1. The largest absolute Gasteiger partial charge is 0.493 e. The highest BCUT2D eigenvalue weighted by atomic mass is 16.5. The molecule has 0 fully saturated rings. The summed E-state index contributed by atoms with van der Waals surface area (Å²) in [6.45, 7) is 13.9. The maximum Gasteiger partial charge on any atom is 0.246 e. The minimum Gasteiger partial charge on any atom is -0.493 e. The van der Waals surface area contributed by atoms with E-state index in [0.29, 0.717) is 31.1 Å². The zero-order valence-electron chi connectivity index (χ0n) is 19.1. The van der Waals surface area contributed by atoms with Gasteiger partial charge in [-0.25, -0.2) is 4.98 Å². The van der Waals surface area contributed by atoms with Crippen LogP contribution in [-0.4, -0.2) is 28.6 Å². The van der Waals surface area contributed by atoms with Crippen molar-refractivity contribution < 1.29 is 9.53 Å². The maximum atomic E-state index is 11.8. The fourth-order valence-corrected chi connectivity index (χ4v) is 3.65. The molecule has 0 saturated heterocycles. The molecule has 0 bridgehead atoms. The third kappa shape index (κ3) is 5.75. The van der Waals surface area contributed by atoms with E-state index < -0.39 is 0 Å². The third-order valence-electron chi connectivity index (χ3n) is 5.33. The van der Waals surface area contributed by atoms with Gasteiger partial charge in [0.25, 0.3) is 0 Å². The highest BCUT2D eigenvalue weighted by molar-refractivity contribution is 5.92. The van der Waals surface area contributed by atoms with Gasteiger partial charge < -0.3 is 14.6 Å². The van der Waals surface area contributed by atoms with Gasteiger partial charge in [-0.05, 0) is 55.5 Å². The lowest BCUT2D eigenvalue weighted by Crippen LogP contribution is -2.26. The molecular weight excluding hydrogens is 386 g/mol. The molecule has 0 atom stereocenters. The van der Waals surface area contributed by atoms with Crippen LogP contribution in [0.5, 0.6) is 5.75 Å². The Morgan fingerprint density at radius 2 is 2.00 bits per heavy atom. The quantitative estimate of drug-likeness (QED) is 0.364. The second kappa shape index (κ2) is 10.3. The summed E-state index contributed by atoms with van der Waals surface area (Å²) in [5.74, 6) is 2.26. The maximum absolute atomic E-state index is 11.8. The van der Waals surface area contributed by atoms with E-state index in [2.05, 4.69) is 61.5 Å². The number of nitrogens with zero attached hydrogens (tertiary/aromatic N) is 2. The van der Waals surface area contributed by atoms with Crippen molar-refractivity contribution >= 4 is 16.9 Å². The van der Waals surface area contributed by atoms with Gasteiger partial charge in [0.2, 0.25) is 5.91 Å². The van der Waals surface area contributed by atoms with Gasteiger partial charge in [0.05, 0.1) is 17.6 Å². The van der Waals surface area contributed by atoms with Crippen molar-refractivity contribution in [2.24, 2.45) is 0 Å². The van der Waals surface area contributed by atoms with Gasteiger partial charge >= 0.3 is 0 Å². The first kappa shape index (κ1) is 22.6. The number of aryl methyl sites for hydroxylation is 2. The summed E-state index contributed by atoms with van der Waals surface area (Å²) >= 11 is 0. The summed E-state index contributed by atoms with van der Waals surface area (Å²) in [5, 5.41) is 2.90. The topological polar surface area (TPSA) is 56.2 Å². The van der Waals surface area contributed by atoms with Crippen LogP contribution in [0.15, 0.2) is 54.6 Å². The number of ether oxygens (including phenoxy) is 1. The second-order valence-electron chi connectivity index (χ2n) is 8.35. The first-order valence-corrected chi connectivity index (χ1v) is 11.0. The molecule has 1 N–H and O–H groups in total. The molecule has 5 nitrogen and oxygen atoms in total. The number of para-hydroxylation sites is 2. The highest BCUT2D eigenvalue weighted by Crippen LogP contribution is 2.27. The SMILES string of the molecule is C=C(C)C(=O)NCCc1nc2ccccc2n1CCCOc1cc(C)ccc1C(C)C. The summed E-state index contributed by atoms with van der Waals surface area (Å²) in [4.78, 5) is 16.6. The van der Waals surface area contributed by atoms with Gasteiger partial charge in [-0.1, -0.05) is 44.7 Å². The summed E-state index contributed by atoms with van der Waals surface area (Å²) < 4.78 is 8.41. The number of carbonyl (C=O) groups excluding carboxylic acids is 1. The van der Waals surface area contributed by atoms with Crippen LogP contribution in [0.3, 0.4) is 0 Å². The van der Waals surface area contributed by atoms with Crippen molar-refractivity contribution in [2.75, 3.05) is 13.2 Å². The highest BCUT2D eigenvalue weighted by Gasteiger charge is 2.12. The molecule has 0 aliphatic heterocycles. The monoisotopic (exact) mass is 419 g/mol. The van der Waals surface area contributed by atoms with E-state index in [9.17, 15) is 4.79 Å². The lowest BCUT2D eigenvalue weighted by atomic mass is 10.0. The molecule has 164 valence electrons. The number of hydrogen-bond donors (Lipinski definition) is 1. The van der Waals surface area contributed by atoms with Crippen molar-refractivity contribution in [3.8, 4) is 5.75 Å². The van der Waals surface area contributed by atoms with E-state index in [0.717, 1.165) is 35.6 Å². The summed E-state index contributed by atoms with van der Waals surface area (Å²) in [7, 11) is 0. The molecule has 1 aromatic heterocycles. The molecule has 2 aromatic carbocycles. The van der Waals surface area contributed by atoms with Crippen LogP contribution in [0.25, 0.3) is 11.0 Å². The van der Waals surface area contributed by atoms with Crippen LogP contribution in [0.2, 0.25) is 0 Å². The number of carbonyl (C=O) groups is 1. The van der Waals surface area contributed by atoms with Gasteiger partial charge in [-0.2, -0.15) is 0 Å². The Morgan fingerprint density at radius 3 is 2.74 bits per heavy atom. The number of benzene rings is 2. The lowest BCUT2D eigenvalue weighted by molar-refractivity contribution is -0.117. The number of aromatic nitrogens is 2. The molecule has 1 heterocycles. The van der Waals surface area contributed by atoms with Crippen LogP contribution >= 0.6 is 0 Å². The molecule has 3 aromatic rings. The van der Waals surface area contributed by atoms with E-state index in [1.54, 1.807) is 6.92 Å². The van der Waals surface area contributed by atoms with Crippen molar-refractivity contribution in [3.05, 3.63) is 71.6 Å². The molecule has 1 amide bonds. The summed E-state index contributed by atoms with van der Waals surface area (Å²) in [6, 6.07) is 14.6. The van der Waals surface area contributed by atoms with Gasteiger partial charge in [0.1, 0.15) is 11.6 Å². The van der Waals surface area contributed by atoms with Crippen molar-refractivity contribution in [1.82, 2.24) is 14.9 Å². The molecule has 5 heteroatoms. The Bertz CT molecular complexity index is 1070. The van der Waals surface area contributed by atoms with Crippen LogP contribution in [0.1, 0.15) is 50.1 Å². The Morgan fingerprint density at radius 1 is 1.23 bits per heavy atom. The fourth-order valence-electron chi connectivity index (χ4n) is 3.65. The zero-order chi connectivity index (χ0) is 22.4. The molecule has 0 aliphatic carbocycles. The average Bonchev–Trinajstić information content (AvgIpc) is 3.08. The smallest absolute Gasteiger partial charge is 0.246 e. The van der Waals surface area contributed by atoms with Crippen molar-refractivity contribution in [3.63, 3.8) is 0 Å². The zero-order valence-corrected chi connectivity index (χ0v) is 19.1.